The number of carbonyl (C=O) groups excluding carboxylic acids is 1. The average Bonchev–Trinajstić information content (AvgIpc) is 2.74. The molecule has 0 aliphatic carbocycles. The number of nitrogens with one attached hydrogen (secondary N) is 2. The normalized spacial score (nSPS) is 16.5. The van der Waals surface area contributed by atoms with E-state index in [1.165, 1.54) is 11.1 Å². The molecule has 0 aromatic heterocycles. The number of carbonyl (C=O) groups is 1. The summed E-state index contributed by atoms with van der Waals surface area (Å²) in [5, 5.41) is 6.70. The minimum atomic E-state index is -0.0940. The Morgan fingerprint density at radius 2 is 2.03 bits per heavy atom. The first-order valence-electron chi connectivity index (χ1n) is 10.2. The highest BCUT2D eigenvalue weighted by Gasteiger charge is 2.25. The van der Waals surface area contributed by atoms with Crippen molar-refractivity contribution in [1.82, 2.24) is 10.2 Å². The van der Waals surface area contributed by atoms with E-state index >= 15 is 0 Å². The molecule has 2 N–H and O–H groups in total. The maximum atomic E-state index is 12.3. The Hall–Kier alpha value is -1.84. The first kappa shape index (κ1) is 25.4. The summed E-state index contributed by atoms with van der Waals surface area (Å²) in [6, 6.07) is 13.9. The molecule has 2 aromatic carbocycles. The minimum absolute atomic E-state index is 0. The molecule has 1 amide bonds. The van der Waals surface area contributed by atoms with Crippen LogP contribution in [0.5, 0.6) is 0 Å². The van der Waals surface area contributed by atoms with E-state index in [2.05, 4.69) is 39.6 Å². The van der Waals surface area contributed by atoms with Crippen molar-refractivity contribution in [2.75, 3.05) is 38.6 Å². The molecule has 1 atom stereocenters. The second-order valence-corrected chi connectivity index (χ2v) is 7.82. The smallest absolute Gasteiger partial charge is 0.226 e. The molecule has 0 bridgehead atoms. The van der Waals surface area contributed by atoms with Gasteiger partial charge in [-0.3, -0.25) is 9.79 Å². The molecule has 168 valence electrons. The van der Waals surface area contributed by atoms with Crippen LogP contribution in [0.25, 0.3) is 0 Å². The lowest BCUT2D eigenvalue weighted by atomic mass is 10.0. The lowest BCUT2D eigenvalue weighted by Gasteiger charge is -2.35. The van der Waals surface area contributed by atoms with Gasteiger partial charge in [0.05, 0.1) is 23.9 Å². The largest absolute Gasteiger partial charge is 0.370 e. The number of guanidine groups is 1. The van der Waals surface area contributed by atoms with Gasteiger partial charge in [-0.25, -0.2) is 0 Å². The molecule has 0 spiro atoms. The van der Waals surface area contributed by atoms with E-state index in [9.17, 15) is 4.79 Å². The Morgan fingerprint density at radius 3 is 2.74 bits per heavy atom. The first-order valence-corrected chi connectivity index (χ1v) is 10.5. The number of aliphatic imine (C=N–C) groups is 1. The van der Waals surface area contributed by atoms with Crippen LogP contribution in [-0.4, -0.2) is 50.1 Å². The number of rotatable bonds is 5. The molecule has 1 aliphatic rings. The second kappa shape index (κ2) is 12.3. The maximum absolute atomic E-state index is 12.3. The van der Waals surface area contributed by atoms with Gasteiger partial charge in [0.1, 0.15) is 6.10 Å². The highest BCUT2D eigenvalue weighted by atomic mass is 127. The number of nitrogens with zero attached hydrogens (tertiary/aromatic N) is 2. The molecule has 1 heterocycles. The summed E-state index contributed by atoms with van der Waals surface area (Å²) in [4.78, 5) is 18.9. The van der Waals surface area contributed by atoms with Crippen molar-refractivity contribution < 1.29 is 9.53 Å². The molecule has 1 unspecified atom stereocenters. The standard InChI is InChI=1S/C23H29ClN4O2.HI/c1-16-8-9-20(19(24)14-16)27-22(29)10-11-26-23(25-3)28-12-13-30-21(15-28)18-7-5-4-6-17(18)2;/h4-9,14,21H,10-13,15H2,1-3H3,(H,25,26)(H,27,29);1H. The van der Waals surface area contributed by atoms with Crippen molar-refractivity contribution in [2.24, 2.45) is 4.99 Å². The number of benzene rings is 2. The topological polar surface area (TPSA) is 66.0 Å². The number of halogens is 2. The van der Waals surface area contributed by atoms with Crippen molar-refractivity contribution in [3.63, 3.8) is 0 Å². The molecular formula is C23H30ClIN4O2. The predicted molar refractivity (Wildman–Crippen MR) is 138 cm³/mol. The van der Waals surface area contributed by atoms with Crippen molar-refractivity contribution >= 4 is 53.1 Å². The lowest BCUT2D eigenvalue weighted by molar-refractivity contribution is -0.116. The number of anilines is 1. The van der Waals surface area contributed by atoms with Crippen molar-refractivity contribution in [3.8, 4) is 0 Å². The van der Waals surface area contributed by atoms with Crippen LogP contribution < -0.4 is 10.6 Å². The summed E-state index contributed by atoms with van der Waals surface area (Å²) >= 11 is 6.19. The van der Waals surface area contributed by atoms with Gasteiger partial charge < -0.3 is 20.3 Å². The maximum Gasteiger partial charge on any atom is 0.226 e. The van der Waals surface area contributed by atoms with Gasteiger partial charge in [0, 0.05) is 26.6 Å². The van der Waals surface area contributed by atoms with Gasteiger partial charge >= 0.3 is 0 Å². The van der Waals surface area contributed by atoms with Crippen molar-refractivity contribution in [3.05, 3.63) is 64.2 Å². The molecular weight excluding hydrogens is 527 g/mol. The lowest BCUT2D eigenvalue weighted by Crippen LogP contribution is -2.48. The van der Waals surface area contributed by atoms with Crippen LogP contribution >= 0.6 is 35.6 Å². The van der Waals surface area contributed by atoms with Crippen molar-refractivity contribution in [2.45, 2.75) is 26.4 Å². The molecule has 2 aromatic rings. The van der Waals surface area contributed by atoms with E-state index in [1.807, 2.05) is 37.3 Å². The molecule has 8 heteroatoms. The van der Waals surface area contributed by atoms with Crippen LogP contribution in [0.2, 0.25) is 5.02 Å². The molecule has 0 saturated carbocycles. The summed E-state index contributed by atoms with van der Waals surface area (Å²) < 4.78 is 6.00. The van der Waals surface area contributed by atoms with E-state index in [1.54, 1.807) is 7.05 Å². The summed E-state index contributed by atoms with van der Waals surface area (Å²) in [7, 11) is 1.76. The Bertz CT molecular complexity index is 922. The number of hydrogen-bond acceptors (Lipinski definition) is 3. The summed E-state index contributed by atoms with van der Waals surface area (Å²) in [5.41, 5.74) is 4.11. The van der Waals surface area contributed by atoms with Gasteiger partial charge in [-0.05, 0) is 42.7 Å². The van der Waals surface area contributed by atoms with Gasteiger partial charge in [-0.15, -0.1) is 24.0 Å². The van der Waals surface area contributed by atoms with Gasteiger partial charge in [0.2, 0.25) is 5.91 Å². The fourth-order valence-corrected chi connectivity index (χ4v) is 3.81. The minimum Gasteiger partial charge on any atom is -0.370 e. The monoisotopic (exact) mass is 556 g/mol. The zero-order valence-corrected chi connectivity index (χ0v) is 21.2. The van der Waals surface area contributed by atoms with Gasteiger partial charge in [-0.2, -0.15) is 0 Å². The van der Waals surface area contributed by atoms with E-state index < -0.39 is 0 Å². The molecule has 1 fully saturated rings. The number of amides is 1. The molecule has 3 rings (SSSR count). The third-order valence-corrected chi connectivity index (χ3v) is 5.46. The number of morpholine rings is 1. The fourth-order valence-electron chi connectivity index (χ4n) is 3.53. The first-order chi connectivity index (χ1) is 14.5. The van der Waals surface area contributed by atoms with Crippen LogP contribution in [0, 0.1) is 13.8 Å². The molecule has 1 saturated heterocycles. The van der Waals surface area contributed by atoms with Crippen LogP contribution in [0.1, 0.15) is 29.2 Å². The fraction of sp³-hybridized carbons (Fsp3) is 0.391. The Balaban J connectivity index is 0.00000341. The highest BCUT2D eigenvalue weighted by Crippen LogP contribution is 2.25. The van der Waals surface area contributed by atoms with Gasteiger partial charge in [-0.1, -0.05) is 41.9 Å². The van der Waals surface area contributed by atoms with E-state index in [0.717, 1.165) is 24.6 Å². The third kappa shape index (κ3) is 7.08. The predicted octanol–water partition coefficient (Wildman–Crippen LogP) is 4.55. The Morgan fingerprint density at radius 1 is 1.26 bits per heavy atom. The second-order valence-electron chi connectivity index (χ2n) is 7.42. The third-order valence-electron chi connectivity index (χ3n) is 5.15. The van der Waals surface area contributed by atoms with Gasteiger partial charge in [0.25, 0.3) is 0 Å². The van der Waals surface area contributed by atoms with Crippen LogP contribution in [-0.2, 0) is 9.53 Å². The highest BCUT2D eigenvalue weighted by molar-refractivity contribution is 14.0. The summed E-state index contributed by atoms with van der Waals surface area (Å²) in [5.74, 6) is 0.682. The summed E-state index contributed by atoms with van der Waals surface area (Å²) in [6.07, 6.45) is 0.319. The van der Waals surface area contributed by atoms with Crippen molar-refractivity contribution in [1.29, 1.82) is 0 Å². The zero-order valence-electron chi connectivity index (χ0n) is 18.2. The van der Waals surface area contributed by atoms with Gasteiger partial charge in [0.15, 0.2) is 5.96 Å². The molecule has 31 heavy (non-hydrogen) atoms. The average molecular weight is 557 g/mol. The van der Waals surface area contributed by atoms with E-state index in [0.29, 0.717) is 30.3 Å². The van der Waals surface area contributed by atoms with Crippen LogP contribution in [0.3, 0.4) is 0 Å². The van der Waals surface area contributed by atoms with E-state index in [-0.39, 0.29) is 36.0 Å². The summed E-state index contributed by atoms with van der Waals surface area (Å²) in [6.45, 7) is 6.65. The van der Waals surface area contributed by atoms with Crippen LogP contribution in [0.15, 0.2) is 47.5 Å². The number of ether oxygens (including phenoxy) is 1. The van der Waals surface area contributed by atoms with Crippen LogP contribution in [0.4, 0.5) is 5.69 Å². The molecule has 0 radical (unpaired) electrons. The number of aryl methyl sites for hydroxylation is 2. The Kier molecular flexibility index (Phi) is 10.1. The molecule has 6 nitrogen and oxygen atoms in total. The van der Waals surface area contributed by atoms with E-state index in [4.69, 9.17) is 16.3 Å². The molecule has 1 aliphatic heterocycles. The quantitative estimate of drug-likeness (QED) is 0.322. The SMILES string of the molecule is CN=C(NCCC(=O)Nc1ccc(C)cc1Cl)N1CCOC(c2ccccc2C)C1.I. The number of hydrogen-bond donors (Lipinski definition) is 2. The zero-order chi connectivity index (χ0) is 21.5. The Labute approximate surface area is 206 Å².